The van der Waals surface area contributed by atoms with E-state index in [1.54, 1.807) is 18.2 Å². The van der Waals surface area contributed by atoms with Gasteiger partial charge >= 0.3 is 0 Å². The summed E-state index contributed by atoms with van der Waals surface area (Å²) in [6.45, 7) is 4.56. The number of benzene rings is 1. The van der Waals surface area contributed by atoms with Crippen LogP contribution in [0.3, 0.4) is 0 Å². The van der Waals surface area contributed by atoms with Crippen molar-refractivity contribution in [2.24, 2.45) is 29.6 Å². The molecule has 1 aromatic carbocycles. The van der Waals surface area contributed by atoms with Gasteiger partial charge in [-0.2, -0.15) is 4.39 Å². The highest BCUT2D eigenvalue weighted by molar-refractivity contribution is 5.33. The number of rotatable bonds is 5. The fourth-order valence-electron chi connectivity index (χ4n) is 6.70. The molecule has 0 bridgehead atoms. The first-order valence-corrected chi connectivity index (χ1v) is 12.3. The summed E-state index contributed by atoms with van der Waals surface area (Å²) in [6, 6.07) is 3.36. The van der Waals surface area contributed by atoms with Gasteiger partial charge in [0.1, 0.15) is 6.61 Å². The van der Waals surface area contributed by atoms with Gasteiger partial charge in [0.25, 0.3) is 0 Å². The number of fused-ring (bicyclic) bond motifs is 1. The van der Waals surface area contributed by atoms with Crippen LogP contribution in [0.4, 0.5) is 8.78 Å². The van der Waals surface area contributed by atoms with Crippen molar-refractivity contribution < 1.29 is 13.5 Å². The molecular formula is C27H38F2O. The van der Waals surface area contributed by atoms with Crippen LogP contribution >= 0.6 is 0 Å². The molecule has 1 nitrogen and oxygen atoms in total. The predicted octanol–water partition coefficient (Wildman–Crippen LogP) is 8.05. The van der Waals surface area contributed by atoms with Crippen LogP contribution in [-0.4, -0.2) is 6.61 Å². The van der Waals surface area contributed by atoms with E-state index in [2.05, 4.69) is 6.92 Å². The van der Waals surface area contributed by atoms with E-state index in [-0.39, 0.29) is 18.3 Å². The van der Waals surface area contributed by atoms with Gasteiger partial charge in [-0.05, 0) is 112 Å². The van der Waals surface area contributed by atoms with Crippen LogP contribution in [0, 0.1) is 41.2 Å². The number of halogens is 2. The fourth-order valence-corrected chi connectivity index (χ4v) is 6.70. The summed E-state index contributed by atoms with van der Waals surface area (Å²) in [5.74, 6) is 3.15. The maximum Gasteiger partial charge on any atom is 0.200 e. The van der Waals surface area contributed by atoms with Crippen molar-refractivity contribution in [1.29, 1.82) is 0 Å². The molecule has 0 radical (unpaired) electrons. The zero-order valence-electron chi connectivity index (χ0n) is 18.7. The molecule has 4 unspecified atom stereocenters. The second-order valence-electron chi connectivity index (χ2n) is 10.3. The summed E-state index contributed by atoms with van der Waals surface area (Å²) in [6.07, 6.45) is 16.5. The van der Waals surface area contributed by atoms with Crippen molar-refractivity contribution in [1.82, 2.24) is 0 Å². The molecule has 0 aromatic heterocycles. The van der Waals surface area contributed by atoms with E-state index < -0.39 is 11.6 Å². The Hall–Kier alpha value is -1.38. The Labute approximate surface area is 181 Å². The number of ether oxygens (including phenoxy) is 1. The summed E-state index contributed by atoms with van der Waals surface area (Å²) in [4.78, 5) is 0. The SMILES string of the molecule is C/C=C/COc1ccc(C2CCC(C3CCC4CC(C)CCC4C3)CC2)c(F)c1F. The highest BCUT2D eigenvalue weighted by atomic mass is 19.2. The van der Waals surface area contributed by atoms with Crippen molar-refractivity contribution in [3.8, 4) is 5.75 Å². The summed E-state index contributed by atoms with van der Waals surface area (Å²) in [5, 5.41) is 0. The molecule has 3 fully saturated rings. The summed E-state index contributed by atoms with van der Waals surface area (Å²) >= 11 is 0. The highest BCUT2D eigenvalue weighted by Gasteiger charge is 2.38. The third kappa shape index (κ3) is 4.75. The zero-order valence-corrected chi connectivity index (χ0v) is 18.7. The molecular weight excluding hydrogens is 378 g/mol. The predicted molar refractivity (Wildman–Crippen MR) is 119 cm³/mol. The molecule has 1 aromatic rings. The van der Waals surface area contributed by atoms with E-state index in [4.69, 9.17) is 4.74 Å². The summed E-state index contributed by atoms with van der Waals surface area (Å²) < 4.78 is 34.6. The van der Waals surface area contributed by atoms with Crippen LogP contribution in [0.2, 0.25) is 0 Å². The van der Waals surface area contributed by atoms with Gasteiger partial charge in [-0.25, -0.2) is 4.39 Å². The average Bonchev–Trinajstić information content (AvgIpc) is 2.77. The Morgan fingerprint density at radius 3 is 2.20 bits per heavy atom. The molecule has 3 heteroatoms. The van der Waals surface area contributed by atoms with Gasteiger partial charge in [-0.1, -0.05) is 31.6 Å². The molecule has 0 spiro atoms. The molecule has 0 amide bonds. The molecule has 4 rings (SSSR count). The highest BCUT2D eigenvalue weighted by Crippen LogP contribution is 2.50. The third-order valence-corrected chi connectivity index (χ3v) is 8.44. The van der Waals surface area contributed by atoms with Crippen LogP contribution < -0.4 is 4.74 Å². The first-order valence-electron chi connectivity index (χ1n) is 12.3. The molecule has 0 heterocycles. The zero-order chi connectivity index (χ0) is 21.1. The molecule has 166 valence electrons. The van der Waals surface area contributed by atoms with Gasteiger partial charge in [-0.15, -0.1) is 0 Å². The topological polar surface area (TPSA) is 9.23 Å². The number of hydrogen-bond donors (Lipinski definition) is 0. The minimum Gasteiger partial charge on any atom is -0.486 e. The Kier molecular flexibility index (Phi) is 7.16. The van der Waals surface area contributed by atoms with Gasteiger partial charge in [0, 0.05) is 0 Å². The lowest BCUT2D eigenvalue weighted by molar-refractivity contribution is 0.0671. The molecule has 0 saturated heterocycles. The van der Waals surface area contributed by atoms with Gasteiger partial charge in [-0.3, -0.25) is 0 Å². The molecule has 3 aliphatic carbocycles. The van der Waals surface area contributed by atoms with Gasteiger partial charge in [0.2, 0.25) is 5.82 Å². The standard InChI is InChI=1S/C27H38F2O/c1-3-4-15-30-25-14-13-24(26(28)27(25)29)20-9-7-19(8-10-20)22-12-11-21-16-18(2)5-6-23(21)17-22/h3-4,13-14,18-23H,5-12,15-17H2,1-2H3/b4-3+. The molecule has 4 atom stereocenters. The third-order valence-electron chi connectivity index (χ3n) is 8.44. The minimum absolute atomic E-state index is 0.0154. The van der Waals surface area contributed by atoms with E-state index in [0.717, 1.165) is 42.4 Å². The summed E-state index contributed by atoms with van der Waals surface area (Å²) in [7, 11) is 0. The number of allylic oxidation sites excluding steroid dienone is 1. The van der Waals surface area contributed by atoms with Crippen molar-refractivity contribution in [2.45, 2.75) is 84.0 Å². The van der Waals surface area contributed by atoms with Crippen LogP contribution in [0.15, 0.2) is 24.3 Å². The van der Waals surface area contributed by atoms with Crippen LogP contribution in [0.25, 0.3) is 0 Å². The fraction of sp³-hybridized carbons (Fsp3) is 0.704. The maximum absolute atomic E-state index is 14.8. The largest absolute Gasteiger partial charge is 0.486 e. The molecule has 30 heavy (non-hydrogen) atoms. The maximum atomic E-state index is 14.8. The van der Waals surface area contributed by atoms with Crippen LogP contribution in [0.1, 0.15) is 89.5 Å². The van der Waals surface area contributed by atoms with Gasteiger partial charge in [0.15, 0.2) is 11.6 Å². The first kappa shape index (κ1) is 21.8. The van der Waals surface area contributed by atoms with E-state index in [9.17, 15) is 8.78 Å². The lowest BCUT2D eigenvalue weighted by Gasteiger charge is -2.45. The molecule has 0 aliphatic heterocycles. The normalized spacial score (nSPS) is 34.7. The van der Waals surface area contributed by atoms with E-state index in [1.807, 2.05) is 13.0 Å². The van der Waals surface area contributed by atoms with Crippen molar-refractivity contribution in [3.05, 3.63) is 41.5 Å². The average molecular weight is 417 g/mol. The smallest absolute Gasteiger partial charge is 0.200 e. The Bertz CT molecular complexity index is 735. The Balaban J connectivity index is 1.33. The minimum atomic E-state index is -0.830. The van der Waals surface area contributed by atoms with Gasteiger partial charge in [0.05, 0.1) is 0 Å². The second kappa shape index (κ2) is 9.83. The second-order valence-corrected chi connectivity index (χ2v) is 10.3. The number of hydrogen-bond acceptors (Lipinski definition) is 1. The van der Waals surface area contributed by atoms with E-state index in [0.29, 0.717) is 5.56 Å². The van der Waals surface area contributed by atoms with Crippen LogP contribution in [0.5, 0.6) is 5.75 Å². The quantitative estimate of drug-likeness (QED) is 0.441. The lowest BCUT2D eigenvalue weighted by Crippen LogP contribution is -2.34. The van der Waals surface area contributed by atoms with Crippen molar-refractivity contribution >= 4 is 0 Å². The van der Waals surface area contributed by atoms with Crippen molar-refractivity contribution in [2.75, 3.05) is 6.61 Å². The monoisotopic (exact) mass is 416 g/mol. The summed E-state index contributed by atoms with van der Waals surface area (Å²) in [5.41, 5.74) is 0.550. The molecule has 3 saturated carbocycles. The van der Waals surface area contributed by atoms with E-state index in [1.165, 1.54) is 51.4 Å². The molecule has 0 N–H and O–H groups in total. The Morgan fingerprint density at radius 1 is 0.833 bits per heavy atom. The van der Waals surface area contributed by atoms with Gasteiger partial charge < -0.3 is 4.74 Å². The van der Waals surface area contributed by atoms with Crippen molar-refractivity contribution in [3.63, 3.8) is 0 Å². The first-order chi connectivity index (χ1) is 14.6. The Morgan fingerprint density at radius 2 is 1.47 bits per heavy atom. The molecule has 3 aliphatic rings. The lowest BCUT2D eigenvalue weighted by atomic mass is 9.61. The van der Waals surface area contributed by atoms with Crippen LogP contribution in [-0.2, 0) is 0 Å². The van der Waals surface area contributed by atoms with E-state index >= 15 is 0 Å².